The van der Waals surface area contributed by atoms with Crippen molar-refractivity contribution in [3.63, 3.8) is 0 Å². The number of ether oxygens (including phenoxy) is 2. The summed E-state index contributed by atoms with van der Waals surface area (Å²) in [6, 6.07) is 10.3. The Bertz CT molecular complexity index is 1040. The van der Waals surface area contributed by atoms with Gasteiger partial charge in [-0.15, -0.1) is 11.8 Å². The summed E-state index contributed by atoms with van der Waals surface area (Å²) in [4.78, 5) is 38.5. The van der Waals surface area contributed by atoms with Crippen LogP contribution in [-0.4, -0.2) is 58.3 Å². The molecule has 0 spiro atoms. The molecule has 9 nitrogen and oxygen atoms in total. The van der Waals surface area contributed by atoms with Crippen molar-refractivity contribution in [3.05, 3.63) is 63.6 Å². The molecule has 0 saturated carbocycles. The number of benzene rings is 2. The second-order valence-electron chi connectivity index (χ2n) is 7.56. The topological polar surface area (TPSA) is 117 Å². The van der Waals surface area contributed by atoms with Crippen LogP contribution in [0.2, 0.25) is 10.0 Å². The molecule has 2 aromatic carbocycles. The summed E-state index contributed by atoms with van der Waals surface area (Å²) in [7, 11) is 0. The standard InChI is InChI=1S/C23H25Cl2N3O6S/c1-2-33-23(31)28-13-35-12-20(28)22(30)26-19(21(29)27-32)10-14-6-8-15(9-7-14)34-11-16-17(24)4-3-5-18(16)25/h3-9,19-20,32H,2,10-13H2,1H3,(H,26,30)(H,27,29)/t19-,20+/m0/s1. The van der Waals surface area contributed by atoms with E-state index in [0.717, 1.165) is 0 Å². The molecule has 1 aliphatic heterocycles. The maximum atomic E-state index is 12.8. The van der Waals surface area contributed by atoms with Crippen LogP contribution in [0.5, 0.6) is 5.75 Å². The molecule has 35 heavy (non-hydrogen) atoms. The van der Waals surface area contributed by atoms with Gasteiger partial charge >= 0.3 is 6.09 Å². The van der Waals surface area contributed by atoms with Crippen molar-refractivity contribution < 1.29 is 29.1 Å². The fraction of sp³-hybridized carbons (Fsp3) is 0.348. The van der Waals surface area contributed by atoms with Gasteiger partial charge in [-0.2, -0.15) is 0 Å². The van der Waals surface area contributed by atoms with Crippen LogP contribution in [0, 0.1) is 0 Å². The Balaban J connectivity index is 1.62. The summed E-state index contributed by atoms with van der Waals surface area (Å²) >= 11 is 13.7. The first kappa shape index (κ1) is 26.9. The average Bonchev–Trinajstić information content (AvgIpc) is 3.34. The minimum absolute atomic E-state index is 0.105. The number of rotatable bonds is 9. The molecule has 1 fully saturated rings. The summed E-state index contributed by atoms with van der Waals surface area (Å²) < 4.78 is 10.8. The molecule has 0 radical (unpaired) electrons. The quantitative estimate of drug-likeness (QED) is 0.327. The fourth-order valence-corrected chi connectivity index (χ4v) is 5.03. The number of carbonyl (C=O) groups excluding carboxylic acids is 3. The molecule has 12 heteroatoms. The Morgan fingerprint density at radius 3 is 2.49 bits per heavy atom. The molecule has 1 saturated heterocycles. The molecule has 1 aliphatic rings. The Labute approximate surface area is 217 Å². The highest BCUT2D eigenvalue weighted by Crippen LogP contribution is 2.26. The van der Waals surface area contributed by atoms with E-state index >= 15 is 0 Å². The van der Waals surface area contributed by atoms with Crippen molar-refractivity contribution in [3.8, 4) is 5.75 Å². The van der Waals surface area contributed by atoms with Gasteiger partial charge in [0.1, 0.15) is 24.4 Å². The Hall–Kier alpha value is -2.66. The minimum Gasteiger partial charge on any atom is -0.489 e. The average molecular weight is 542 g/mol. The maximum absolute atomic E-state index is 12.8. The Morgan fingerprint density at radius 1 is 1.17 bits per heavy atom. The van der Waals surface area contributed by atoms with E-state index in [1.807, 2.05) is 0 Å². The van der Waals surface area contributed by atoms with Gasteiger partial charge in [0.25, 0.3) is 5.91 Å². The molecule has 3 rings (SSSR count). The second kappa shape index (κ2) is 12.9. The van der Waals surface area contributed by atoms with Gasteiger partial charge in [0.05, 0.1) is 12.5 Å². The number of hydroxylamine groups is 1. The first-order valence-corrected chi connectivity index (χ1v) is 12.6. The summed E-state index contributed by atoms with van der Waals surface area (Å²) in [5.74, 6) is -0.0348. The lowest BCUT2D eigenvalue weighted by Gasteiger charge is -2.24. The van der Waals surface area contributed by atoms with Gasteiger partial charge in [-0.3, -0.25) is 19.7 Å². The normalized spacial score (nSPS) is 15.9. The lowest BCUT2D eigenvalue weighted by Crippen LogP contribution is -2.54. The second-order valence-corrected chi connectivity index (χ2v) is 9.37. The fourth-order valence-electron chi connectivity index (χ4n) is 3.38. The number of nitrogens with one attached hydrogen (secondary N) is 2. The van der Waals surface area contributed by atoms with E-state index in [1.54, 1.807) is 54.9 Å². The van der Waals surface area contributed by atoms with Gasteiger partial charge in [-0.1, -0.05) is 41.4 Å². The molecule has 2 aromatic rings. The third kappa shape index (κ3) is 7.17. The molecule has 0 unspecified atom stereocenters. The van der Waals surface area contributed by atoms with Crippen LogP contribution in [0.1, 0.15) is 18.1 Å². The summed E-state index contributed by atoms with van der Waals surface area (Å²) in [5.41, 5.74) is 2.97. The highest BCUT2D eigenvalue weighted by atomic mass is 35.5. The third-order valence-electron chi connectivity index (χ3n) is 5.24. The van der Waals surface area contributed by atoms with Crippen molar-refractivity contribution in [2.24, 2.45) is 0 Å². The summed E-state index contributed by atoms with van der Waals surface area (Å²) in [6.07, 6.45) is -0.483. The highest BCUT2D eigenvalue weighted by molar-refractivity contribution is 7.99. The summed E-state index contributed by atoms with van der Waals surface area (Å²) in [5, 5.41) is 12.8. The minimum atomic E-state index is -1.06. The smallest absolute Gasteiger partial charge is 0.411 e. The van der Waals surface area contributed by atoms with Crippen LogP contribution in [0.15, 0.2) is 42.5 Å². The van der Waals surface area contributed by atoms with Gasteiger partial charge < -0.3 is 14.8 Å². The number of amides is 3. The molecule has 0 aliphatic carbocycles. The van der Waals surface area contributed by atoms with Crippen molar-refractivity contribution in [2.45, 2.75) is 32.0 Å². The lowest BCUT2D eigenvalue weighted by molar-refractivity contribution is -0.135. The van der Waals surface area contributed by atoms with Crippen molar-refractivity contribution in [1.82, 2.24) is 15.7 Å². The Kier molecular flexibility index (Phi) is 9.91. The Morgan fingerprint density at radius 2 is 1.86 bits per heavy atom. The predicted octanol–water partition coefficient (Wildman–Crippen LogP) is 3.64. The van der Waals surface area contributed by atoms with Gasteiger partial charge in [0, 0.05) is 27.8 Å². The van der Waals surface area contributed by atoms with E-state index < -0.39 is 30.0 Å². The molecular formula is C23H25Cl2N3O6S. The number of hydrogen-bond donors (Lipinski definition) is 3. The van der Waals surface area contributed by atoms with Crippen LogP contribution < -0.4 is 15.5 Å². The van der Waals surface area contributed by atoms with E-state index in [-0.39, 0.29) is 19.6 Å². The SMILES string of the molecule is CCOC(=O)N1CSC[C@@H]1C(=O)N[C@@H](Cc1ccc(OCc2c(Cl)cccc2Cl)cc1)C(=O)NO. The molecule has 1 heterocycles. The molecule has 0 aromatic heterocycles. The number of carbonyl (C=O) groups is 3. The van der Waals surface area contributed by atoms with Gasteiger partial charge in [-0.05, 0) is 36.8 Å². The monoisotopic (exact) mass is 541 g/mol. The highest BCUT2D eigenvalue weighted by Gasteiger charge is 2.37. The van der Waals surface area contributed by atoms with Crippen LogP contribution >= 0.6 is 35.0 Å². The summed E-state index contributed by atoms with van der Waals surface area (Å²) in [6.45, 7) is 2.05. The van der Waals surface area contributed by atoms with E-state index in [1.165, 1.54) is 16.7 Å². The molecule has 3 amide bonds. The predicted molar refractivity (Wildman–Crippen MR) is 133 cm³/mol. The van der Waals surface area contributed by atoms with E-state index in [9.17, 15) is 14.4 Å². The number of nitrogens with zero attached hydrogens (tertiary/aromatic N) is 1. The third-order valence-corrected chi connectivity index (χ3v) is 6.96. The van der Waals surface area contributed by atoms with Gasteiger partial charge in [0.2, 0.25) is 5.91 Å². The number of thioether (sulfide) groups is 1. The number of halogens is 2. The zero-order valence-electron chi connectivity index (χ0n) is 18.8. The molecule has 0 bridgehead atoms. The molecular weight excluding hydrogens is 517 g/mol. The van der Waals surface area contributed by atoms with Crippen molar-refractivity contribution in [2.75, 3.05) is 18.2 Å². The zero-order valence-corrected chi connectivity index (χ0v) is 21.2. The van der Waals surface area contributed by atoms with Crippen LogP contribution in [0.4, 0.5) is 4.79 Å². The van der Waals surface area contributed by atoms with Crippen LogP contribution in [0.3, 0.4) is 0 Å². The van der Waals surface area contributed by atoms with E-state index in [0.29, 0.717) is 38.6 Å². The van der Waals surface area contributed by atoms with Crippen LogP contribution in [0.25, 0.3) is 0 Å². The molecule has 3 N–H and O–H groups in total. The van der Waals surface area contributed by atoms with Crippen molar-refractivity contribution in [1.29, 1.82) is 0 Å². The first-order valence-electron chi connectivity index (χ1n) is 10.7. The maximum Gasteiger partial charge on any atom is 0.411 e. The first-order chi connectivity index (χ1) is 16.8. The van der Waals surface area contributed by atoms with Gasteiger partial charge in [0.15, 0.2) is 0 Å². The molecule has 2 atom stereocenters. The van der Waals surface area contributed by atoms with Crippen LogP contribution in [-0.2, 0) is 27.4 Å². The van der Waals surface area contributed by atoms with Crippen molar-refractivity contribution >= 4 is 52.9 Å². The lowest BCUT2D eigenvalue weighted by atomic mass is 10.0. The van der Waals surface area contributed by atoms with Gasteiger partial charge in [-0.25, -0.2) is 10.3 Å². The largest absolute Gasteiger partial charge is 0.489 e. The van der Waals surface area contributed by atoms with E-state index in [2.05, 4.69) is 5.32 Å². The molecule has 188 valence electrons. The zero-order chi connectivity index (χ0) is 25.4. The number of hydrogen-bond acceptors (Lipinski definition) is 7. The van der Waals surface area contributed by atoms with E-state index in [4.69, 9.17) is 37.9 Å².